The zero-order chi connectivity index (χ0) is 15.9. The summed E-state index contributed by atoms with van der Waals surface area (Å²) in [6.45, 7) is 5.18. The molecule has 3 heteroatoms. The van der Waals surface area contributed by atoms with Crippen molar-refractivity contribution >= 4 is 11.7 Å². The first-order chi connectivity index (χ1) is 10.6. The van der Waals surface area contributed by atoms with Crippen LogP contribution in [0.25, 0.3) is 0 Å². The van der Waals surface area contributed by atoms with E-state index in [4.69, 9.17) is 5.11 Å². The molecule has 116 valence electrons. The van der Waals surface area contributed by atoms with E-state index >= 15 is 0 Å². The Bertz CT molecular complexity index is 598. The molecule has 0 aromatic heterocycles. The maximum atomic E-state index is 10.8. The number of rotatable bonds is 7. The second-order valence-corrected chi connectivity index (χ2v) is 5.49. The lowest BCUT2D eigenvalue weighted by molar-refractivity contribution is 0.0697. The minimum absolute atomic E-state index is 0.306. The van der Waals surface area contributed by atoms with Crippen LogP contribution >= 0.6 is 0 Å². The molecule has 0 saturated heterocycles. The molecule has 0 spiro atoms. The molecule has 0 amide bonds. The Hall–Kier alpha value is -2.29. The number of hydrogen-bond acceptors (Lipinski definition) is 2. The molecule has 0 aliphatic heterocycles. The minimum atomic E-state index is -0.899. The van der Waals surface area contributed by atoms with Gasteiger partial charge in [0.15, 0.2) is 0 Å². The summed E-state index contributed by atoms with van der Waals surface area (Å²) in [6.07, 6.45) is 2.34. The van der Waals surface area contributed by atoms with Gasteiger partial charge in [0.1, 0.15) is 0 Å². The van der Waals surface area contributed by atoms with Crippen LogP contribution in [0.2, 0.25) is 0 Å². The first-order valence-electron chi connectivity index (χ1n) is 7.80. The van der Waals surface area contributed by atoms with Crippen LogP contribution in [0.1, 0.15) is 54.1 Å². The molecule has 0 bridgehead atoms. The number of carboxylic acids is 1. The Balaban J connectivity index is 1.95. The number of aromatic carboxylic acids is 1. The van der Waals surface area contributed by atoms with Crippen molar-refractivity contribution in [2.45, 2.75) is 39.2 Å². The Morgan fingerprint density at radius 3 is 2.09 bits per heavy atom. The third-order valence-corrected chi connectivity index (χ3v) is 4.07. The van der Waals surface area contributed by atoms with E-state index in [1.165, 1.54) is 24.0 Å². The van der Waals surface area contributed by atoms with Crippen molar-refractivity contribution in [1.82, 2.24) is 0 Å². The second-order valence-electron chi connectivity index (χ2n) is 5.49. The quantitative estimate of drug-likeness (QED) is 0.764. The highest BCUT2D eigenvalue weighted by molar-refractivity contribution is 5.87. The zero-order valence-electron chi connectivity index (χ0n) is 13.2. The molecular formula is C19H23NO2. The predicted molar refractivity (Wildman–Crippen MR) is 90.5 cm³/mol. The number of hydrogen-bond donors (Lipinski definition) is 2. The minimum Gasteiger partial charge on any atom is -0.478 e. The molecule has 0 radical (unpaired) electrons. The molecule has 22 heavy (non-hydrogen) atoms. The van der Waals surface area contributed by atoms with Gasteiger partial charge < -0.3 is 10.4 Å². The van der Waals surface area contributed by atoms with E-state index in [1.807, 2.05) is 0 Å². The first kappa shape index (κ1) is 16.1. The van der Waals surface area contributed by atoms with Gasteiger partial charge in [-0.3, -0.25) is 0 Å². The van der Waals surface area contributed by atoms with Gasteiger partial charge in [0.05, 0.1) is 5.56 Å². The highest BCUT2D eigenvalue weighted by Gasteiger charge is 2.06. The number of carbonyl (C=O) groups is 1. The highest BCUT2D eigenvalue weighted by Crippen LogP contribution is 2.23. The highest BCUT2D eigenvalue weighted by atomic mass is 16.4. The molecule has 0 fully saturated rings. The van der Waals surface area contributed by atoms with Gasteiger partial charge in [0, 0.05) is 12.2 Å². The molecule has 2 rings (SSSR count). The van der Waals surface area contributed by atoms with Crippen LogP contribution < -0.4 is 5.32 Å². The monoisotopic (exact) mass is 297 g/mol. The smallest absolute Gasteiger partial charge is 0.335 e. The number of anilines is 1. The Labute approximate surface area is 132 Å². The molecule has 2 aromatic carbocycles. The van der Waals surface area contributed by atoms with Gasteiger partial charge in [0.2, 0.25) is 0 Å². The first-order valence-corrected chi connectivity index (χ1v) is 7.80. The van der Waals surface area contributed by atoms with E-state index < -0.39 is 5.97 Å². The summed E-state index contributed by atoms with van der Waals surface area (Å²) in [6, 6.07) is 15.6. The van der Waals surface area contributed by atoms with E-state index in [2.05, 4.69) is 43.4 Å². The van der Waals surface area contributed by atoms with Crippen molar-refractivity contribution in [1.29, 1.82) is 0 Å². The van der Waals surface area contributed by atoms with Gasteiger partial charge >= 0.3 is 5.97 Å². The third-order valence-electron chi connectivity index (χ3n) is 4.07. The van der Waals surface area contributed by atoms with Crippen LogP contribution in [-0.4, -0.2) is 11.1 Å². The van der Waals surface area contributed by atoms with Gasteiger partial charge in [-0.05, 0) is 54.2 Å². The van der Waals surface area contributed by atoms with Crippen LogP contribution in [0.4, 0.5) is 5.69 Å². The van der Waals surface area contributed by atoms with Crippen molar-refractivity contribution in [2.75, 3.05) is 5.32 Å². The third kappa shape index (κ3) is 4.10. The molecule has 2 N–H and O–H groups in total. The van der Waals surface area contributed by atoms with Crippen LogP contribution in [-0.2, 0) is 6.54 Å². The van der Waals surface area contributed by atoms with Crippen LogP contribution in [0.15, 0.2) is 48.5 Å². The Kier molecular flexibility index (Phi) is 5.59. The molecule has 3 nitrogen and oxygen atoms in total. The van der Waals surface area contributed by atoms with Gasteiger partial charge in [-0.25, -0.2) is 4.79 Å². The number of carboxylic acid groups (broad SMARTS) is 1. The second kappa shape index (κ2) is 7.64. The lowest BCUT2D eigenvalue weighted by Crippen LogP contribution is -2.01. The van der Waals surface area contributed by atoms with Crippen molar-refractivity contribution in [3.63, 3.8) is 0 Å². The molecule has 0 unspecified atom stereocenters. The summed E-state index contributed by atoms with van der Waals surface area (Å²) in [5.41, 5.74) is 3.85. The molecule has 0 aliphatic carbocycles. The van der Waals surface area contributed by atoms with Crippen molar-refractivity contribution in [3.8, 4) is 0 Å². The molecule has 0 saturated carbocycles. The summed E-state index contributed by atoms with van der Waals surface area (Å²) >= 11 is 0. The van der Waals surface area contributed by atoms with Crippen molar-refractivity contribution in [3.05, 3.63) is 65.2 Å². The van der Waals surface area contributed by atoms with E-state index in [1.54, 1.807) is 24.3 Å². The molecule has 0 atom stereocenters. The average Bonchev–Trinajstić information content (AvgIpc) is 2.55. The molecule has 0 aliphatic rings. The van der Waals surface area contributed by atoms with Gasteiger partial charge in [-0.15, -0.1) is 0 Å². The maximum absolute atomic E-state index is 10.8. The van der Waals surface area contributed by atoms with E-state index in [9.17, 15) is 4.79 Å². The normalized spacial score (nSPS) is 10.7. The summed E-state index contributed by atoms with van der Waals surface area (Å²) < 4.78 is 0. The Morgan fingerprint density at radius 1 is 1.00 bits per heavy atom. The fraction of sp³-hybridized carbons (Fsp3) is 0.316. The fourth-order valence-electron chi connectivity index (χ4n) is 2.60. The van der Waals surface area contributed by atoms with E-state index in [-0.39, 0.29) is 0 Å². The van der Waals surface area contributed by atoms with Gasteiger partial charge in [0.25, 0.3) is 0 Å². The molecule has 0 heterocycles. The summed E-state index contributed by atoms with van der Waals surface area (Å²) in [7, 11) is 0. The van der Waals surface area contributed by atoms with Gasteiger partial charge in [-0.1, -0.05) is 38.1 Å². The predicted octanol–water partition coefficient (Wildman–Crippen LogP) is 4.90. The lowest BCUT2D eigenvalue weighted by atomic mass is 9.93. The van der Waals surface area contributed by atoms with Crippen LogP contribution in [0.5, 0.6) is 0 Å². The standard InChI is InChI=1S/C19H23NO2/c1-3-15(4-2)16-7-5-14(6-8-16)13-20-18-11-9-17(10-12-18)19(21)22/h5-12,15,20H,3-4,13H2,1-2H3,(H,21,22). The fourth-order valence-corrected chi connectivity index (χ4v) is 2.60. The summed E-state index contributed by atoms with van der Waals surface area (Å²) in [5, 5.41) is 12.2. The van der Waals surface area contributed by atoms with Crippen LogP contribution in [0.3, 0.4) is 0 Å². The molecule has 2 aromatic rings. The van der Waals surface area contributed by atoms with Gasteiger partial charge in [-0.2, -0.15) is 0 Å². The van der Waals surface area contributed by atoms with E-state index in [0.29, 0.717) is 11.5 Å². The van der Waals surface area contributed by atoms with Crippen LogP contribution in [0, 0.1) is 0 Å². The maximum Gasteiger partial charge on any atom is 0.335 e. The lowest BCUT2D eigenvalue weighted by Gasteiger charge is -2.13. The Morgan fingerprint density at radius 2 is 1.59 bits per heavy atom. The summed E-state index contributed by atoms with van der Waals surface area (Å²) in [5.74, 6) is -0.255. The zero-order valence-corrected chi connectivity index (χ0v) is 13.2. The average molecular weight is 297 g/mol. The SMILES string of the molecule is CCC(CC)c1ccc(CNc2ccc(C(=O)O)cc2)cc1. The largest absolute Gasteiger partial charge is 0.478 e. The number of benzene rings is 2. The number of nitrogens with one attached hydrogen (secondary N) is 1. The van der Waals surface area contributed by atoms with E-state index in [0.717, 1.165) is 12.2 Å². The topological polar surface area (TPSA) is 49.3 Å². The van der Waals surface area contributed by atoms with Crippen molar-refractivity contribution in [2.24, 2.45) is 0 Å². The van der Waals surface area contributed by atoms with Crippen molar-refractivity contribution < 1.29 is 9.90 Å². The molecular weight excluding hydrogens is 274 g/mol. The summed E-state index contributed by atoms with van der Waals surface area (Å²) in [4.78, 5) is 10.8.